The zero-order valence-electron chi connectivity index (χ0n) is 11.8. The van der Waals surface area contributed by atoms with Crippen LogP contribution in [0.15, 0.2) is 24.3 Å². The minimum Gasteiger partial charge on any atom is -0.493 e. The largest absolute Gasteiger partial charge is 0.493 e. The van der Waals surface area contributed by atoms with E-state index in [-0.39, 0.29) is 6.04 Å². The number of rotatable bonds is 8. The van der Waals surface area contributed by atoms with E-state index in [0.717, 1.165) is 37.2 Å². The summed E-state index contributed by atoms with van der Waals surface area (Å²) in [5.41, 5.74) is 4.08. The molecule has 0 radical (unpaired) electrons. The first kappa shape index (κ1) is 15.0. The van der Waals surface area contributed by atoms with Gasteiger partial charge in [-0.05, 0) is 24.8 Å². The van der Waals surface area contributed by atoms with E-state index in [2.05, 4.69) is 32.3 Å². The molecule has 0 aliphatic carbocycles. The van der Waals surface area contributed by atoms with E-state index in [0.29, 0.717) is 5.92 Å². The summed E-state index contributed by atoms with van der Waals surface area (Å²) < 4.78 is 5.79. The maximum Gasteiger partial charge on any atom is 0.124 e. The van der Waals surface area contributed by atoms with E-state index in [1.807, 2.05) is 18.2 Å². The average Bonchev–Trinajstić information content (AvgIpc) is 2.42. The highest BCUT2D eigenvalue weighted by Crippen LogP contribution is 2.29. The van der Waals surface area contributed by atoms with Gasteiger partial charge in [0.2, 0.25) is 0 Å². The first-order chi connectivity index (χ1) is 8.72. The van der Waals surface area contributed by atoms with Gasteiger partial charge in [0.1, 0.15) is 5.75 Å². The SMILES string of the molecule is CCCOc1ccccc1C(CC(C)CC)NN. The summed E-state index contributed by atoms with van der Waals surface area (Å²) in [5, 5.41) is 0. The molecule has 0 fully saturated rings. The summed E-state index contributed by atoms with van der Waals surface area (Å²) in [5.74, 6) is 7.29. The summed E-state index contributed by atoms with van der Waals surface area (Å²) in [6.07, 6.45) is 3.20. The number of nitrogens with one attached hydrogen (secondary N) is 1. The van der Waals surface area contributed by atoms with Gasteiger partial charge >= 0.3 is 0 Å². The van der Waals surface area contributed by atoms with Crippen molar-refractivity contribution in [2.75, 3.05) is 6.61 Å². The van der Waals surface area contributed by atoms with Gasteiger partial charge in [-0.25, -0.2) is 0 Å². The van der Waals surface area contributed by atoms with E-state index in [1.54, 1.807) is 0 Å². The highest BCUT2D eigenvalue weighted by molar-refractivity contribution is 5.35. The normalized spacial score (nSPS) is 14.2. The molecule has 0 bridgehead atoms. The second kappa shape index (κ2) is 8.11. The molecule has 3 nitrogen and oxygen atoms in total. The molecular weight excluding hydrogens is 224 g/mol. The monoisotopic (exact) mass is 250 g/mol. The molecule has 1 aromatic rings. The van der Waals surface area contributed by atoms with Crippen molar-refractivity contribution in [3.8, 4) is 5.75 Å². The van der Waals surface area contributed by atoms with E-state index in [4.69, 9.17) is 10.6 Å². The van der Waals surface area contributed by atoms with Crippen LogP contribution >= 0.6 is 0 Å². The number of ether oxygens (including phenoxy) is 1. The molecule has 2 atom stereocenters. The van der Waals surface area contributed by atoms with E-state index in [1.165, 1.54) is 0 Å². The highest BCUT2D eigenvalue weighted by atomic mass is 16.5. The third-order valence-corrected chi connectivity index (χ3v) is 3.29. The number of hydrogen-bond donors (Lipinski definition) is 2. The molecule has 0 saturated heterocycles. The second-order valence-corrected chi connectivity index (χ2v) is 4.85. The van der Waals surface area contributed by atoms with Crippen molar-refractivity contribution in [2.24, 2.45) is 11.8 Å². The fraction of sp³-hybridized carbons (Fsp3) is 0.600. The summed E-state index contributed by atoms with van der Waals surface area (Å²) in [7, 11) is 0. The molecule has 1 aromatic carbocycles. The van der Waals surface area contributed by atoms with E-state index in [9.17, 15) is 0 Å². The third kappa shape index (κ3) is 4.31. The van der Waals surface area contributed by atoms with Gasteiger partial charge in [-0.3, -0.25) is 11.3 Å². The van der Waals surface area contributed by atoms with Crippen molar-refractivity contribution in [1.82, 2.24) is 5.43 Å². The van der Waals surface area contributed by atoms with Crippen LogP contribution in [0.1, 0.15) is 51.6 Å². The fourth-order valence-electron chi connectivity index (χ4n) is 1.97. The minimum atomic E-state index is 0.160. The first-order valence-corrected chi connectivity index (χ1v) is 6.90. The quantitative estimate of drug-likeness (QED) is 0.549. The lowest BCUT2D eigenvalue weighted by atomic mass is 9.94. The molecule has 3 heteroatoms. The standard InChI is InChI=1S/C15H26N2O/c1-4-10-18-15-9-7-6-8-13(15)14(17-16)11-12(3)5-2/h6-9,12,14,17H,4-5,10-11,16H2,1-3H3. The van der Waals surface area contributed by atoms with Gasteiger partial charge in [0.05, 0.1) is 6.61 Å². The summed E-state index contributed by atoms with van der Waals surface area (Å²) in [6, 6.07) is 8.32. The van der Waals surface area contributed by atoms with E-state index < -0.39 is 0 Å². The Kier molecular flexibility index (Phi) is 6.76. The Hall–Kier alpha value is -1.06. The fourth-order valence-corrected chi connectivity index (χ4v) is 1.97. The minimum absolute atomic E-state index is 0.160. The lowest BCUT2D eigenvalue weighted by molar-refractivity contribution is 0.305. The average molecular weight is 250 g/mol. The molecule has 18 heavy (non-hydrogen) atoms. The lowest BCUT2D eigenvalue weighted by Crippen LogP contribution is -2.29. The van der Waals surface area contributed by atoms with Crippen LogP contribution < -0.4 is 16.0 Å². The topological polar surface area (TPSA) is 47.3 Å². The number of para-hydroxylation sites is 1. The molecule has 3 N–H and O–H groups in total. The van der Waals surface area contributed by atoms with Gasteiger partial charge in [-0.15, -0.1) is 0 Å². The van der Waals surface area contributed by atoms with Crippen LogP contribution in [0.5, 0.6) is 5.75 Å². The van der Waals surface area contributed by atoms with Crippen molar-refractivity contribution in [2.45, 2.75) is 46.1 Å². The highest BCUT2D eigenvalue weighted by Gasteiger charge is 2.16. The Balaban J connectivity index is 2.83. The Morgan fingerprint density at radius 2 is 2.00 bits per heavy atom. The zero-order chi connectivity index (χ0) is 13.4. The Bertz CT molecular complexity index is 341. The zero-order valence-corrected chi connectivity index (χ0v) is 11.8. The number of benzene rings is 1. The predicted octanol–water partition coefficient (Wildman–Crippen LogP) is 3.42. The molecule has 0 aliphatic heterocycles. The van der Waals surface area contributed by atoms with Crippen molar-refractivity contribution in [1.29, 1.82) is 0 Å². The molecule has 1 rings (SSSR count). The molecule has 0 spiro atoms. The van der Waals surface area contributed by atoms with Crippen LogP contribution in [-0.2, 0) is 0 Å². The lowest BCUT2D eigenvalue weighted by Gasteiger charge is -2.22. The predicted molar refractivity (Wildman–Crippen MR) is 76.4 cm³/mol. The van der Waals surface area contributed by atoms with Crippen LogP contribution in [0.25, 0.3) is 0 Å². The maximum atomic E-state index is 5.79. The number of nitrogens with two attached hydrogens (primary N) is 1. The van der Waals surface area contributed by atoms with Crippen molar-refractivity contribution < 1.29 is 4.74 Å². The molecule has 0 saturated carbocycles. The smallest absolute Gasteiger partial charge is 0.124 e. The van der Waals surface area contributed by atoms with Crippen LogP contribution in [0, 0.1) is 5.92 Å². The van der Waals surface area contributed by atoms with Crippen molar-refractivity contribution in [3.05, 3.63) is 29.8 Å². The summed E-state index contributed by atoms with van der Waals surface area (Å²) in [4.78, 5) is 0. The molecule has 0 heterocycles. The molecule has 102 valence electrons. The third-order valence-electron chi connectivity index (χ3n) is 3.29. The van der Waals surface area contributed by atoms with Crippen LogP contribution in [0.2, 0.25) is 0 Å². The van der Waals surface area contributed by atoms with Crippen molar-refractivity contribution in [3.63, 3.8) is 0 Å². The van der Waals surface area contributed by atoms with Gasteiger partial charge in [0.15, 0.2) is 0 Å². The summed E-state index contributed by atoms with van der Waals surface area (Å²) in [6.45, 7) is 7.32. The Morgan fingerprint density at radius 1 is 1.28 bits per heavy atom. The number of hydrogen-bond acceptors (Lipinski definition) is 3. The number of hydrazine groups is 1. The Labute approximate surface area is 111 Å². The van der Waals surface area contributed by atoms with Crippen LogP contribution in [-0.4, -0.2) is 6.61 Å². The molecule has 0 aliphatic rings. The van der Waals surface area contributed by atoms with Crippen LogP contribution in [0.3, 0.4) is 0 Å². The molecule has 2 unspecified atom stereocenters. The molecular formula is C15H26N2O. The van der Waals surface area contributed by atoms with Crippen molar-refractivity contribution >= 4 is 0 Å². The maximum absolute atomic E-state index is 5.79. The van der Waals surface area contributed by atoms with Gasteiger partial charge in [0, 0.05) is 11.6 Å². The Morgan fingerprint density at radius 3 is 2.61 bits per heavy atom. The molecule has 0 amide bonds. The molecule has 0 aromatic heterocycles. The van der Waals surface area contributed by atoms with Gasteiger partial charge in [0.25, 0.3) is 0 Å². The first-order valence-electron chi connectivity index (χ1n) is 6.90. The second-order valence-electron chi connectivity index (χ2n) is 4.85. The van der Waals surface area contributed by atoms with Crippen LogP contribution in [0.4, 0.5) is 0 Å². The van der Waals surface area contributed by atoms with Gasteiger partial charge < -0.3 is 4.74 Å². The van der Waals surface area contributed by atoms with E-state index >= 15 is 0 Å². The van der Waals surface area contributed by atoms with Gasteiger partial charge in [-0.1, -0.05) is 45.4 Å². The van der Waals surface area contributed by atoms with Gasteiger partial charge in [-0.2, -0.15) is 0 Å². The summed E-state index contributed by atoms with van der Waals surface area (Å²) >= 11 is 0.